The Labute approximate surface area is 156 Å². The van der Waals surface area contributed by atoms with Crippen LogP contribution < -0.4 is 4.74 Å². The van der Waals surface area contributed by atoms with E-state index >= 15 is 0 Å². The number of hydrogen-bond acceptors (Lipinski definition) is 5. The van der Waals surface area contributed by atoms with Crippen molar-refractivity contribution < 1.29 is 9.84 Å². The van der Waals surface area contributed by atoms with Crippen LogP contribution in [0, 0.1) is 6.92 Å². The molecule has 0 atom stereocenters. The molecule has 6 nitrogen and oxygen atoms in total. The highest BCUT2D eigenvalue weighted by atomic mass is 16.5. The molecule has 0 aliphatic rings. The van der Waals surface area contributed by atoms with Crippen LogP contribution in [0.5, 0.6) is 11.5 Å². The molecular weight excluding hydrogens is 340 g/mol. The summed E-state index contributed by atoms with van der Waals surface area (Å²) in [6.07, 6.45) is 1.91. The maximum atomic E-state index is 9.64. The summed E-state index contributed by atoms with van der Waals surface area (Å²) in [7, 11) is 1.63. The summed E-state index contributed by atoms with van der Waals surface area (Å²) in [4.78, 5) is 4.80. The average molecular weight is 358 g/mol. The van der Waals surface area contributed by atoms with Crippen LogP contribution in [0.15, 0.2) is 77.1 Å². The maximum absolute atomic E-state index is 9.64. The first-order chi connectivity index (χ1) is 13.2. The number of nitrogens with zero attached hydrogens (tertiary/aromatic N) is 4. The average Bonchev–Trinajstić information content (AvgIpc) is 3.06. The molecule has 0 spiro atoms. The molecule has 0 aliphatic carbocycles. The predicted molar refractivity (Wildman–Crippen MR) is 104 cm³/mol. The molecule has 0 saturated carbocycles. The number of azo groups is 1. The number of rotatable bonds is 4. The number of aromatic nitrogens is 2. The fourth-order valence-electron chi connectivity index (χ4n) is 2.97. The van der Waals surface area contributed by atoms with Crippen molar-refractivity contribution in [1.29, 1.82) is 0 Å². The quantitative estimate of drug-likeness (QED) is 0.494. The Morgan fingerprint density at radius 1 is 1.00 bits per heavy atom. The summed E-state index contributed by atoms with van der Waals surface area (Å²) in [6.45, 7) is 2.00. The molecule has 2 heterocycles. The first-order valence-corrected chi connectivity index (χ1v) is 8.49. The van der Waals surface area contributed by atoms with Crippen molar-refractivity contribution in [2.45, 2.75) is 6.92 Å². The van der Waals surface area contributed by atoms with Gasteiger partial charge in [0.1, 0.15) is 22.8 Å². The number of pyridine rings is 1. The lowest BCUT2D eigenvalue weighted by Crippen LogP contribution is -1.88. The van der Waals surface area contributed by atoms with Gasteiger partial charge in [0.25, 0.3) is 0 Å². The summed E-state index contributed by atoms with van der Waals surface area (Å²) >= 11 is 0. The topological polar surface area (TPSA) is 71.5 Å². The molecular formula is C21H18N4O2. The standard InChI is InChI=1S/C21H18N4O2/c1-14-7-6-12-25-20(14)22-19(17-10-3-4-11-18(17)27-2)21(25)24-23-15-8-5-9-16(26)13-15/h3-13,26H,1-2H3. The van der Waals surface area contributed by atoms with E-state index in [1.165, 1.54) is 0 Å². The molecule has 0 fully saturated rings. The minimum absolute atomic E-state index is 0.144. The molecule has 0 unspecified atom stereocenters. The SMILES string of the molecule is COc1ccccc1-c1nc2c(C)cccn2c1N=Nc1cccc(O)c1. The fourth-order valence-corrected chi connectivity index (χ4v) is 2.97. The minimum Gasteiger partial charge on any atom is -0.508 e. The Bertz CT molecular complexity index is 1150. The zero-order valence-electron chi connectivity index (χ0n) is 15.0. The zero-order valence-corrected chi connectivity index (χ0v) is 15.0. The van der Waals surface area contributed by atoms with Gasteiger partial charge >= 0.3 is 0 Å². The van der Waals surface area contributed by atoms with Gasteiger partial charge in [-0.25, -0.2) is 4.98 Å². The Kier molecular flexibility index (Phi) is 4.30. The number of hydrogen-bond donors (Lipinski definition) is 1. The summed E-state index contributed by atoms with van der Waals surface area (Å²) in [5, 5.41) is 18.4. The number of phenolic OH excluding ortho intramolecular Hbond substituents is 1. The molecule has 6 heteroatoms. The molecule has 0 bridgehead atoms. The van der Waals surface area contributed by atoms with Gasteiger partial charge < -0.3 is 9.84 Å². The highest BCUT2D eigenvalue weighted by Gasteiger charge is 2.18. The van der Waals surface area contributed by atoms with Crippen LogP contribution in [0.1, 0.15) is 5.56 Å². The molecule has 0 saturated heterocycles. The van der Waals surface area contributed by atoms with E-state index in [0.29, 0.717) is 22.9 Å². The number of benzene rings is 2. The Hall–Kier alpha value is -3.67. The van der Waals surface area contributed by atoms with Crippen LogP contribution in [-0.2, 0) is 0 Å². The van der Waals surface area contributed by atoms with Crippen LogP contribution in [0.3, 0.4) is 0 Å². The smallest absolute Gasteiger partial charge is 0.187 e. The minimum atomic E-state index is 0.144. The number of para-hydroxylation sites is 1. The van der Waals surface area contributed by atoms with Crippen molar-refractivity contribution in [2.75, 3.05) is 7.11 Å². The number of aryl methyl sites for hydroxylation is 1. The van der Waals surface area contributed by atoms with E-state index < -0.39 is 0 Å². The number of imidazole rings is 1. The molecule has 0 radical (unpaired) electrons. The van der Waals surface area contributed by atoms with Gasteiger partial charge in [-0.15, -0.1) is 10.2 Å². The lowest BCUT2D eigenvalue weighted by molar-refractivity contribution is 0.416. The third-order valence-electron chi connectivity index (χ3n) is 4.27. The van der Waals surface area contributed by atoms with Gasteiger partial charge in [-0.05, 0) is 42.8 Å². The number of fused-ring (bicyclic) bond motifs is 1. The molecule has 134 valence electrons. The lowest BCUT2D eigenvalue weighted by atomic mass is 10.1. The summed E-state index contributed by atoms with van der Waals surface area (Å²) in [6, 6.07) is 18.3. The summed E-state index contributed by atoms with van der Waals surface area (Å²) < 4.78 is 7.41. The molecule has 4 rings (SSSR count). The lowest BCUT2D eigenvalue weighted by Gasteiger charge is -2.06. The molecule has 0 amide bonds. The van der Waals surface area contributed by atoms with Gasteiger partial charge in [0, 0.05) is 17.8 Å². The highest BCUT2D eigenvalue weighted by Crippen LogP contribution is 2.37. The van der Waals surface area contributed by atoms with Gasteiger partial charge in [-0.2, -0.15) is 0 Å². The molecule has 1 N–H and O–H groups in total. The molecule has 2 aromatic heterocycles. The second-order valence-electron chi connectivity index (χ2n) is 6.09. The van der Waals surface area contributed by atoms with Crippen molar-refractivity contribution in [1.82, 2.24) is 9.38 Å². The largest absolute Gasteiger partial charge is 0.508 e. The van der Waals surface area contributed by atoms with Gasteiger partial charge in [-0.1, -0.05) is 24.3 Å². The molecule has 0 aliphatic heterocycles. The van der Waals surface area contributed by atoms with Gasteiger partial charge in [0.05, 0.1) is 12.8 Å². The summed E-state index contributed by atoms with van der Waals surface area (Å²) in [5.41, 5.74) is 3.93. The Morgan fingerprint density at radius 3 is 2.67 bits per heavy atom. The van der Waals surface area contributed by atoms with E-state index in [-0.39, 0.29) is 5.75 Å². The van der Waals surface area contributed by atoms with Gasteiger partial charge in [-0.3, -0.25) is 4.40 Å². The van der Waals surface area contributed by atoms with Crippen molar-refractivity contribution >= 4 is 17.2 Å². The van der Waals surface area contributed by atoms with Gasteiger partial charge in [0.15, 0.2) is 5.82 Å². The molecule has 4 aromatic rings. The maximum Gasteiger partial charge on any atom is 0.187 e. The van der Waals surface area contributed by atoms with Crippen LogP contribution in [0.25, 0.3) is 16.9 Å². The van der Waals surface area contributed by atoms with E-state index in [9.17, 15) is 5.11 Å². The number of ether oxygens (including phenoxy) is 1. The van der Waals surface area contributed by atoms with Crippen LogP contribution in [0.2, 0.25) is 0 Å². The van der Waals surface area contributed by atoms with Crippen molar-refractivity contribution in [3.8, 4) is 22.8 Å². The van der Waals surface area contributed by atoms with Crippen molar-refractivity contribution in [3.63, 3.8) is 0 Å². The summed E-state index contributed by atoms with van der Waals surface area (Å²) in [5.74, 6) is 1.46. The number of phenols is 1. The number of aromatic hydroxyl groups is 1. The first kappa shape index (κ1) is 16.8. The monoisotopic (exact) mass is 358 g/mol. The van der Waals surface area contributed by atoms with Gasteiger partial charge in [0.2, 0.25) is 0 Å². The molecule has 2 aromatic carbocycles. The fraction of sp³-hybridized carbons (Fsp3) is 0.0952. The zero-order chi connectivity index (χ0) is 18.8. The second-order valence-corrected chi connectivity index (χ2v) is 6.09. The van der Waals surface area contributed by atoms with Crippen LogP contribution in [0.4, 0.5) is 11.5 Å². The third kappa shape index (κ3) is 3.13. The Balaban J connectivity index is 1.93. The predicted octanol–water partition coefficient (Wildman–Crippen LogP) is 5.44. The Morgan fingerprint density at radius 2 is 1.85 bits per heavy atom. The molecule has 27 heavy (non-hydrogen) atoms. The first-order valence-electron chi connectivity index (χ1n) is 8.49. The van der Waals surface area contributed by atoms with E-state index in [1.54, 1.807) is 31.4 Å². The van der Waals surface area contributed by atoms with Crippen LogP contribution >= 0.6 is 0 Å². The van der Waals surface area contributed by atoms with E-state index in [0.717, 1.165) is 16.8 Å². The van der Waals surface area contributed by atoms with Crippen LogP contribution in [-0.4, -0.2) is 21.6 Å². The van der Waals surface area contributed by atoms with Crippen molar-refractivity contribution in [2.24, 2.45) is 10.2 Å². The van der Waals surface area contributed by atoms with Crippen molar-refractivity contribution in [3.05, 3.63) is 72.4 Å². The van der Waals surface area contributed by atoms with E-state index in [2.05, 4.69) is 10.2 Å². The number of methoxy groups -OCH3 is 1. The third-order valence-corrected chi connectivity index (χ3v) is 4.27. The van der Waals surface area contributed by atoms with E-state index in [4.69, 9.17) is 9.72 Å². The normalized spacial score (nSPS) is 11.3. The van der Waals surface area contributed by atoms with E-state index in [1.807, 2.05) is 53.9 Å². The second kappa shape index (κ2) is 6.92. The highest BCUT2D eigenvalue weighted by molar-refractivity contribution is 5.79.